The second kappa shape index (κ2) is 4.22. The fraction of sp³-hybridized carbons (Fsp3) is 0.875. The molecule has 80 valence electrons. The summed E-state index contributed by atoms with van der Waals surface area (Å²) in [5, 5.41) is 4.96. The topological polar surface area (TPSA) is 54.0 Å². The highest BCUT2D eigenvalue weighted by Crippen LogP contribution is 2.16. The summed E-state index contributed by atoms with van der Waals surface area (Å²) in [6, 6.07) is 0. The minimum absolute atomic E-state index is 0.105. The molecular weight excluding hydrogens is 186 g/mol. The van der Waals surface area contributed by atoms with Crippen LogP contribution in [-0.2, 0) is 14.4 Å². The van der Waals surface area contributed by atoms with Crippen molar-refractivity contribution in [3.8, 4) is 0 Å². The Morgan fingerprint density at radius 3 is 3.21 bits per heavy atom. The number of fused-ring (bicyclic) bond motifs is 1. The number of hydroxylamine groups is 2. The van der Waals surface area contributed by atoms with Gasteiger partial charge in [-0.15, -0.1) is 5.06 Å². The molecule has 2 heterocycles. The fourth-order valence-electron chi connectivity index (χ4n) is 1.79. The molecular formula is C8H15N3O3. The molecule has 0 aliphatic carbocycles. The van der Waals surface area contributed by atoms with Crippen molar-refractivity contribution < 1.29 is 14.4 Å². The standard InChI is InChI=1S/C8H15N3O3/c1-13-6-14-11-4-2-7(12)10-5-3-9-8(10)11/h8-9H,2-6H2,1H3. The third-order valence-corrected chi connectivity index (χ3v) is 2.45. The van der Waals surface area contributed by atoms with Crippen LogP contribution < -0.4 is 5.32 Å². The largest absolute Gasteiger partial charge is 0.357 e. The van der Waals surface area contributed by atoms with Gasteiger partial charge in [0.05, 0.1) is 0 Å². The van der Waals surface area contributed by atoms with Gasteiger partial charge in [-0.05, 0) is 0 Å². The zero-order valence-corrected chi connectivity index (χ0v) is 8.23. The summed E-state index contributed by atoms with van der Waals surface area (Å²) in [4.78, 5) is 18.6. The average molecular weight is 201 g/mol. The SMILES string of the molecule is COCON1CCC(=O)N2CCNC12. The summed E-state index contributed by atoms with van der Waals surface area (Å²) < 4.78 is 4.82. The predicted molar refractivity (Wildman–Crippen MR) is 47.8 cm³/mol. The number of nitrogens with one attached hydrogen (secondary N) is 1. The van der Waals surface area contributed by atoms with E-state index in [0.29, 0.717) is 13.0 Å². The van der Waals surface area contributed by atoms with Crippen molar-refractivity contribution in [3.05, 3.63) is 0 Å². The molecule has 2 aliphatic heterocycles. The maximum absolute atomic E-state index is 11.5. The monoisotopic (exact) mass is 201 g/mol. The van der Waals surface area contributed by atoms with Crippen LogP contribution in [-0.4, -0.2) is 55.7 Å². The van der Waals surface area contributed by atoms with Gasteiger partial charge < -0.3 is 9.64 Å². The van der Waals surface area contributed by atoms with Gasteiger partial charge in [0.2, 0.25) is 5.91 Å². The van der Waals surface area contributed by atoms with Gasteiger partial charge in [-0.2, -0.15) is 0 Å². The Morgan fingerprint density at radius 2 is 2.43 bits per heavy atom. The summed E-state index contributed by atoms with van der Waals surface area (Å²) in [5.41, 5.74) is 0. The van der Waals surface area contributed by atoms with Gasteiger partial charge in [0.25, 0.3) is 0 Å². The van der Waals surface area contributed by atoms with E-state index < -0.39 is 0 Å². The normalized spacial score (nSPS) is 28.2. The molecule has 1 N–H and O–H groups in total. The van der Waals surface area contributed by atoms with Crippen molar-refractivity contribution in [2.24, 2.45) is 0 Å². The van der Waals surface area contributed by atoms with Crippen LogP contribution in [0.2, 0.25) is 0 Å². The fourth-order valence-corrected chi connectivity index (χ4v) is 1.79. The molecule has 0 bridgehead atoms. The number of nitrogens with zero attached hydrogens (tertiary/aromatic N) is 2. The molecule has 2 rings (SSSR count). The van der Waals surface area contributed by atoms with Crippen molar-refractivity contribution in [2.75, 3.05) is 33.5 Å². The molecule has 1 amide bonds. The van der Waals surface area contributed by atoms with E-state index in [9.17, 15) is 4.79 Å². The van der Waals surface area contributed by atoms with Crippen LogP contribution in [0.15, 0.2) is 0 Å². The molecule has 2 saturated heterocycles. The maximum Gasteiger partial charge on any atom is 0.226 e. The molecule has 1 unspecified atom stereocenters. The Morgan fingerprint density at radius 1 is 1.57 bits per heavy atom. The molecule has 0 radical (unpaired) electrons. The number of carbonyl (C=O) groups is 1. The third-order valence-electron chi connectivity index (χ3n) is 2.45. The molecule has 0 aromatic heterocycles. The van der Waals surface area contributed by atoms with E-state index in [4.69, 9.17) is 9.57 Å². The first-order valence-corrected chi connectivity index (χ1v) is 4.74. The van der Waals surface area contributed by atoms with Gasteiger partial charge in [0, 0.05) is 33.2 Å². The molecule has 0 spiro atoms. The number of hydrogen-bond acceptors (Lipinski definition) is 5. The summed E-state index contributed by atoms with van der Waals surface area (Å²) >= 11 is 0. The first-order valence-electron chi connectivity index (χ1n) is 4.74. The van der Waals surface area contributed by atoms with E-state index in [-0.39, 0.29) is 19.0 Å². The number of rotatable bonds is 3. The van der Waals surface area contributed by atoms with Crippen LogP contribution in [0.5, 0.6) is 0 Å². The Hall–Kier alpha value is -0.690. The first-order chi connectivity index (χ1) is 6.83. The minimum atomic E-state index is -0.105. The molecule has 0 aromatic rings. The van der Waals surface area contributed by atoms with E-state index in [1.165, 1.54) is 0 Å². The van der Waals surface area contributed by atoms with Crippen molar-refractivity contribution in [3.63, 3.8) is 0 Å². The van der Waals surface area contributed by atoms with Crippen molar-refractivity contribution in [1.29, 1.82) is 0 Å². The van der Waals surface area contributed by atoms with E-state index in [2.05, 4.69) is 5.32 Å². The van der Waals surface area contributed by atoms with Crippen LogP contribution >= 0.6 is 0 Å². The van der Waals surface area contributed by atoms with Crippen LogP contribution in [0, 0.1) is 0 Å². The van der Waals surface area contributed by atoms with E-state index >= 15 is 0 Å². The number of hydrogen-bond donors (Lipinski definition) is 1. The van der Waals surface area contributed by atoms with Crippen molar-refractivity contribution in [1.82, 2.24) is 15.3 Å². The highest BCUT2D eigenvalue weighted by molar-refractivity contribution is 5.77. The van der Waals surface area contributed by atoms with E-state index in [1.807, 2.05) is 0 Å². The third kappa shape index (κ3) is 1.74. The van der Waals surface area contributed by atoms with Crippen LogP contribution in [0.4, 0.5) is 0 Å². The molecule has 0 saturated carbocycles. The van der Waals surface area contributed by atoms with Crippen LogP contribution in [0.1, 0.15) is 6.42 Å². The second-order valence-corrected chi connectivity index (χ2v) is 3.34. The highest BCUT2D eigenvalue weighted by atomic mass is 16.8. The zero-order chi connectivity index (χ0) is 9.97. The molecule has 2 aliphatic rings. The maximum atomic E-state index is 11.5. The quantitative estimate of drug-likeness (QED) is 0.590. The zero-order valence-electron chi connectivity index (χ0n) is 8.23. The van der Waals surface area contributed by atoms with Gasteiger partial charge >= 0.3 is 0 Å². The molecule has 1 atom stereocenters. The number of methoxy groups -OCH3 is 1. The summed E-state index contributed by atoms with van der Waals surface area (Å²) in [6.07, 6.45) is 0.411. The average Bonchev–Trinajstić information content (AvgIpc) is 2.66. The number of amides is 1. The lowest BCUT2D eigenvalue weighted by Crippen LogP contribution is -2.57. The highest BCUT2D eigenvalue weighted by Gasteiger charge is 2.37. The lowest BCUT2D eigenvalue weighted by molar-refractivity contribution is -0.267. The van der Waals surface area contributed by atoms with Crippen LogP contribution in [0.25, 0.3) is 0 Å². The van der Waals surface area contributed by atoms with Crippen molar-refractivity contribution in [2.45, 2.75) is 12.7 Å². The number of carbonyl (C=O) groups excluding carboxylic acids is 1. The van der Waals surface area contributed by atoms with Gasteiger partial charge in [-0.1, -0.05) is 0 Å². The van der Waals surface area contributed by atoms with Crippen LogP contribution in [0.3, 0.4) is 0 Å². The van der Waals surface area contributed by atoms with Gasteiger partial charge in [0.1, 0.15) is 0 Å². The summed E-state index contributed by atoms with van der Waals surface area (Å²) in [7, 11) is 1.58. The smallest absolute Gasteiger partial charge is 0.226 e. The van der Waals surface area contributed by atoms with Crippen molar-refractivity contribution >= 4 is 5.91 Å². The summed E-state index contributed by atoms with van der Waals surface area (Å²) in [5.74, 6) is 0.192. The van der Waals surface area contributed by atoms with E-state index in [0.717, 1.165) is 13.1 Å². The van der Waals surface area contributed by atoms with Gasteiger partial charge in [-0.25, -0.2) is 0 Å². The second-order valence-electron chi connectivity index (χ2n) is 3.34. The van der Waals surface area contributed by atoms with Gasteiger partial charge in [0.15, 0.2) is 13.1 Å². The first kappa shape index (κ1) is 9.85. The minimum Gasteiger partial charge on any atom is -0.357 e. The Kier molecular flexibility index (Phi) is 2.97. The Balaban J connectivity index is 1.95. The molecule has 2 fully saturated rings. The number of ether oxygens (including phenoxy) is 1. The molecule has 6 nitrogen and oxygen atoms in total. The lowest BCUT2D eigenvalue weighted by Gasteiger charge is -2.37. The van der Waals surface area contributed by atoms with E-state index in [1.54, 1.807) is 17.1 Å². The molecule has 0 aromatic carbocycles. The summed E-state index contributed by atoms with van der Waals surface area (Å²) in [6.45, 7) is 2.43. The van der Waals surface area contributed by atoms with Gasteiger partial charge in [-0.3, -0.25) is 14.9 Å². The Bertz CT molecular complexity index is 224. The molecule has 14 heavy (non-hydrogen) atoms. The predicted octanol–water partition coefficient (Wildman–Crippen LogP) is -1.06. The molecule has 6 heteroatoms. The lowest BCUT2D eigenvalue weighted by atomic mass is 10.3. The Labute approximate surface area is 82.7 Å².